The molecule has 1 aliphatic rings. The lowest BCUT2D eigenvalue weighted by atomic mass is 10.2. The zero-order chi connectivity index (χ0) is 14.8. The van der Waals surface area contributed by atoms with Crippen molar-refractivity contribution in [1.82, 2.24) is 9.88 Å². The molecule has 6 nitrogen and oxygen atoms in total. The second kappa shape index (κ2) is 5.32. The van der Waals surface area contributed by atoms with Gasteiger partial charge in [0.1, 0.15) is 0 Å². The van der Waals surface area contributed by atoms with Gasteiger partial charge in [-0.1, -0.05) is 6.07 Å². The molecule has 0 saturated heterocycles. The Bertz CT molecular complexity index is 752. The maximum absolute atomic E-state index is 12.0. The lowest BCUT2D eigenvalue weighted by Gasteiger charge is -2.06. The number of nitrogens with zero attached hydrogens (tertiary/aromatic N) is 1. The SMILES string of the molecule is Cn1ccc(C(=O)NCc2ccc3c(c2)OCO3)cc1=O. The van der Waals surface area contributed by atoms with Crippen LogP contribution in [0.25, 0.3) is 0 Å². The van der Waals surface area contributed by atoms with Gasteiger partial charge in [0.25, 0.3) is 11.5 Å². The highest BCUT2D eigenvalue weighted by Gasteiger charge is 2.13. The lowest BCUT2D eigenvalue weighted by molar-refractivity contribution is 0.0950. The number of ether oxygens (including phenoxy) is 2. The number of carbonyl (C=O) groups is 1. The predicted octanol–water partition coefficient (Wildman–Crippen LogP) is 1.04. The number of aryl methyl sites for hydroxylation is 1. The van der Waals surface area contributed by atoms with E-state index >= 15 is 0 Å². The summed E-state index contributed by atoms with van der Waals surface area (Å²) in [5, 5.41) is 2.77. The van der Waals surface area contributed by atoms with Crippen LogP contribution in [0, 0.1) is 0 Å². The quantitative estimate of drug-likeness (QED) is 0.915. The summed E-state index contributed by atoms with van der Waals surface area (Å²) in [5.74, 6) is 1.09. The maximum atomic E-state index is 12.0. The highest BCUT2D eigenvalue weighted by molar-refractivity contribution is 5.93. The van der Waals surface area contributed by atoms with Crippen molar-refractivity contribution in [3.63, 3.8) is 0 Å². The molecule has 3 rings (SSSR count). The van der Waals surface area contributed by atoms with Crippen molar-refractivity contribution in [3.05, 3.63) is 58.0 Å². The van der Waals surface area contributed by atoms with Crippen molar-refractivity contribution in [1.29, 1.82) is 0 Å². The molecule has 0 saturated carbocycles. The Morgan fingerprint density at radius 3 is 2.86 bits per heavy atom. The number of pyridine rings is 1. The first kappa shape index (κ1) is 13.2. The Morgan fingerprint density at radius 1 is 1.24 bits per heavy atom. The van der Waals surface area contributed by atoms with Crippen LogP contribution >= 0.6 is 0 Å². The number of benzene rings is 1. The minimum atomic E-state index is -0.287. The molecule has 0 radical (unpaired) electrons. The standard InChI is InChI=1S/C15H14N2O4/c1-17-5-4-11(7-14(17)18)15(19)16-8-10-2-3-12-13(6-10)21-9-20-12/h2-7H,8-9H2,1H3,(H,16,19). The fourth-order valence-electron chi connectivity index (χ4n) is 2.03. The van der Waals surface area contributed by atoms with Gasteiger partial charge in [0, 0.05) is 31.4 Å². The molecule has 21 heavy (non-hydrogen) atoms. The van der Waals surface area contributed by atoms with Crippen LogP contribution < -0.4 is 20.3 Å². The summed E-state index contributed by atoms with van der Waals surface area (Å²) in [6.45, 7) is 0.573. The van der Waals surface area contributed by atoms with Crippen molar-refractivity contribution >= 4 is 5.91 Å². The summed E-state index contributed by atoms with van der Waals surface area (Å²) < 4.78 is 11.9. The molecule has 1 aliphatic heterocycles. The largest absolute Gasteiger partial charge is 0.454 e. The average Bonchev–Trinajstić information content (AvgIpc) is 2.95. The smallest absolute Gasteiger partial charge is 0.251 e. The molecule has 0 spiro atoms. The number of hydrogen-bond donors (Lipinski definition) is 1. The van der Waals surface area contributed by atoms with Gasteiger partial charge in [-0.15, -0.1) is 0 Å². The molecule has 0 fully saturated rings. The first-order valence-electron chi connectivity index (χ1n) is 6.47. The average molecular weight is 286 g/mol. The molecule has 2 heterocycles. The van der Waals surface area contributed by atoms with Gasteiger partial charge in [-0.3, -0.25) is 9.59 Å². The number of carbonyl (C=O) groups excluding carboxylic acids is 1. The van der Waals surface area contributed by atoms with E-state index in [0.717, 1.165) is 5.56 Å². The molecular formula is C15H14N2O4. The van der Waals surface area contributed by atoms with Gasteiger partial charge in [0.05, 0.1) is 0 Å². The third-order valence-corrected chi connectivity index (χ3v) is 3.26. The summed E-state index contributed by atoms with van der Waals surface area (Å²) in [6, 6.07) is 8.41. The molecule has 6 heteroatoms. The van der Waals surface area contributed by atoms with E-state index in [-0.39, 0.29) is 18.3 Å². The number of amides is 1. The van der Waals surface area contributed by atoms with E-state index in [2.05, 4.69) is 5.32 Å². The summed E-state index contributed by atoms with van der Waals surface area (Å²) in [7, 11) is 1.64. The van der Waals surface area contributed by atoms with Crippen LogP contribution in [0.1, 0.15) is 15.9 Å². The van der Waals surface area contributed by atoms with Crippen molar-refractivity contribution in [2.75, 3.05) is 6.79 Å². The number of aromatic nitrogens is 1. The van der Waals surface area contributed by atoms with Crippen LogP contribution in [0.15, 0.2) is 41.3 Å². The van der Waals surface area contributed by atoms with Gasteiger partial charge in [-0.05, 0) is 23.8 Å². The molecule has 0 unspecified atom stereocenters. The summed E-state index contributed by atoms with van der Waals surface area (Å²) >= 11 is 0. The second-order valence-corrected chi connectivity index (χ2v) is 4.73. The highest BCUT2D eigenvalue weighted by atomic mass is 16.7. The van der Waals surface area contributed by atoms with E-state index in [1.807, 2.05) is 18.2 Å². The van der Waals surface area contributed by atoms with E-state index in [9.17, 15) is 9.59 Å². The van der Waals surface area contributed by atoms with Crippen LogP contribution in [0.2, 0.25) is 0 Å². The van der Waals surface area contributed by atoms with Crippen LogP contribution in [0.5, 0.6) is 11.5 Å². The molecular weight excluding hydrogens is 272 g/mol. The van der Waals surface area contributed by atoms with Gasteiger partial charge in [0.15, 0.2) is 11.5 Å². The zero-order valence-corrected chi connectivity index (χ0v) is 11.5. The molecule has 1 amide bonds. The molecule has 1 N–H and O–H groups in total. The first-order chi connectivity index (χ1) is 10.1. The van der Waals surface area contributed by atoms with E-state index in [1.165, 1.54) is 10.6 Å². The topological polar surface area (TPSA) is 69.6 Å². The number of fused-ring (bicyclic) bond motifs is 1. The molecule has 1 aromatic heterocycles. The van der Waals surface area contributed by atoms with E-state index in [0.29, 0.717) is 23.6 Å². The van der Waals surface area contributed by atoms with Gasteiger partial charge in [-0.2, -0.15) is 0 Å². The van der Waals surface area contributed by atoms with Crippen molar-refractivity contribution in [3.8, 4) is 11.5 Å². The number of nitrogens with one attached hydrogen (secondary N) is 1. The molecule has 2 aromatic rings. The van der Waals surface area contributed by atoms with Crippen molar-refractivity contribution in [2.45, 2.75) is 6.54 Å². The summed E-state index contributed by atoms with van der Waals surface area (Å²) in [6.07, 6.45) is 1.57. The van der Waals surface area contributed by atoms with Crippen LogP contribution in [-0.4, -0.2) is 17.3 Å². The number of hydrogen-bond acceptors (Lipinski definition) is 4. The van der Waals surface area contributed by atoms with Crippen LogP contribution in [0.3, 0.4) is 0 Å². The minimum absolute atomic E-state index is 0.217. The first-order valence-corrected chi connectivity index (χ1v) is 6.47. The van der Waals surface area contributed by atoms with Gasteiger partial charge in [-0.25, -0.2) is 0 Å². The van der Waals surface area contributed by atoms with Crippen molar-refractivity contribution in [2.24, 2.45) is 7.05 Å². The summed E-state index contributed by atoms with van der Waals surface area (Å²) in [4.78, 5) is 23.5. The molecule has 0 aliphatic carbocycles. The Labute approximate surface area is 120 Å². The highest BCUT2D eigenvalue weighted by Crippen LogP contribution is 2.32. The Morgan fingerprint density at radius 2 is 2.05 bits per heavy atom. The van der Waals surface area contributed by atoms with Crippen LogP contribution in [-0.2, 0) is 13.6 Å². The third kappa shape index (κ3) is 2.74. The van der Waals surface area contributed by atoms with Crippen LogP contribution in [0.4, 0.5) is 0 Å². The zero-order valence-electron chi connectivity index (χ0n) is 11.5. The maximum Gasteiger partial charge on any atom is 0.251 e. The molecule has 1 aromatic carbocycles. The Balaban J connectivity index is 1.68. The second-order valence-electron chi connectivity index (χ2n) is 4.73. The summed E-state index contributed by atoms with van der Waals surface area (Å²) in [5.41, 5.74) is 1.03. The minimum Gasteiger partial charge on any atom is -0.454 e. The van der Waals surface area contributed by atoms with Gasteiger partial charge < -0.3 is 19.4 Å². The Kier molecular flexibility index (Phi) is 3.35. The predicted molar refractivity (Wildman–Crippen MR) is 75.4 cm³/mol. The van der Waals surface area contributed by atoms with Crippen molar-refractivity contribution < 1.29 is 14.3 Å². The monoisotopic (exact) mass is 286 g/mol. The third-order valence-electron chi connectivity index (χ3n) is 3.26. The van der Waals surface area contributed by atoms with E-state index in [1.54, 1.807) is 19.3 Å². The van der Waals surface area contributed by atoms with E-state index in [4.69, 9.17) is 9.47 Å². The fraction of sp³-hybridized carbons (Fsp3) is 0.200. The number of rotatable bonds is 3. The van der Waals surface area contributed by atoms with E-state index < -0.39 is 0 Å². The fourth-order valence-corrected chi connectivity index (χ4v) is 2.03. The normalized spacial score (nSPS) is 12.2. The molecule has 108 valence electrons. The van der Waals surface area contributed by atoms with Gasteiger partial charge >= 0.3 is 0 Å². The molecule has 0 atom stereocenters. The lowest BCUT2D eigenvalue weighted by Crippen LogP contribution is -2.25. The Hall–Kier alpha value is -2.76. The van der Waals surface area contributed by atoms with Gasteiger partial charge in [0.2, 0.25) is 6.79 Å². The molecule has 0 bridgehead atoms.